The van der Waals surface area contributed by atoms with Crippen LogP contribution in [-0.2, 0) is 11.0 Å². The number of alkyl halides is 3. The predicted octanol–water partition coefficient (Wildman–Crippen LogP) is 6.01. The Kier molecular flexibility index (Phi) is 7.31. The van der Waals surface area contributed by atoms with Gasteiger partial charge in [0.15, 0.2) is 0 Å². The van der Waals surface area contributed by atoms with Crippen LogP contribution in [0.3, 0.4) is 0 Å². The van der Waals surface area contributed by atoms with Crippen LogP contribution in [0.4, 0.5) is 34.6 Å². The Labute approximate surface area is 228 Å². The molecule has 210 valence electrons. The monoisotopic (exact) mass is 556 g/mol. The van der Waals surface area contributed by atoms with Crippen LogP contribution >= 0.6 is 0 Å². The standard InChI is InChI=1S/C29H28F4N4O3/c1-18-5-3-6-20(15-18)35-11-13-36(14-12-35)28-34-27-21(7-4-8-22(27)30)23(17-26(38)39)37(28)24-16-19(29(31,32)33)9-10-25(24)40-2/h3-10,15-16,23H,11-14,17H2,1-2H3,(H,38,39). The average Bonchev–Trinajstić information content (AvgIpc) is 2.92. The molecule has 2 aliphatic rings. The number of guanidine groups is 1. The van der Waals surface area contributed by atoms with Crippen molar-refractivity contribution in [3.63, 3.8) is 0 Å². The van der Waals surface area contributed by atoms with Crippen molar-refractivity contribution in [1.29, 1.82) is 0 Å². The van der Waals surface area contributed by atoms with Crippen LogP contribution in [0.15, 0.2) is 65.7 Å². The molecular formula is C29H28F4N4O3. The molecule has 1 saturated heterocycles. The van der Waals surface area contributed by atoms with Crippen molar-refractivity contribution < 1.29 is 32.2 Å². The summed E-state index contributed by atoms with van der Waals surface area (Å²) in [5.74, 6) is -1.55. The minimum atomic E-state index is -4.65. The Morgan fingerprint density at radius 1 is 1.02 bits per heavy atom. The first-order chi connectivity index (χ1) is 19.1. The fraction of sp³-hybridized carbons (Fsp3) is 0.310. The number of aliphatic carboxylic acids is 1. The van der Waals surface area contributed by atoms with Gasteiger partial charge in [-0.1, -0.05) is 24.3 Å². The maximum Gasteiger partial charge on any atom is 0.416 e. The Morgan fingerprint density at radius 3 is 2.38 bits per heavy atom. The van der Waals surface area contributed by atoms with E-state index in [1.165, 1.54) is 30.2 Å². The molecule has 2 heterocycles. The molecule has 1 unspecified atom stereocenters. The van der Waals surface area contributed by atoms with Crippen molar-refractivity contribution in [3.8, 4) is 5.75 Å². The third kappa shape index (κ3) is 5.28. The summed E-state index contributed by atoms with van der Waals surface area (Å²) in [6.45, 7) is 4.00. The zero-order valence-electron chi connectivity index (χ0n) is 22.0. The number of ether oxygens (including phenoxy) is 1. The molecule has 0 spiro atoms. The molecule has 11 heteroatoms. The fourth-order valence-electron chi connectivity index (χ4n) is 5.26. The molecule has 1 fully saturated rings. The van der Waals surface area contributed by atoms with E-state index in [1.54, 1.807) is 6.07 Å². The fourth-order valence-corrected chi connectivity index (χ4v) is 5.26. The largest absolute Gasteiger partial charge is 0.495 e. The normalized spacial score (nSPS) is 17.4. The number of fused-ring (bicyclic) bond motifs is 1. The van der Waals surface area contributed by atoms with Crippen molar-refractivity contribution in [1.82, 2.24) is 4.90 Å². The second-order valence-corrected chi connectivity index (χ2v) is 9.77. The number of aryl methyl sites for hydroxylation is 1. The Balaban J connectivity index is 1.62. The Morgan fingerprint density at radius 2 is 1.73 bits per heavy atom. The number of piperazine rings is 1. The highest BCUT2D eigenvalue weighted by atomic mass is 19.4. The minimum Gasteiger partial charge on any atom is -0.495 e. The number of benzene rings is 3. The predicted molar refractivity (Wildman–Crippen MR) is 144 cm³/mol. The molecule has 0 bridgehead atoms. The summed E-state index contributed by atoms with van der Waals surface area (Å²) in [6.07, 6.45) is -5.15. The maximum absolute atomic E-state index is 15.1. The van der Waals surface area contributed by atoms with Gasteiger partial charge in [0.05, 0.1) is 30.8 Å². The van der Waals surface area contributed by atoms with E-state index in [-0.39, 0.29) is 28.6 Å². The topological polar surface area (TPSA) is 68.6 Å². The van der Waals surface area contributed by atoms with Gasteiger partial charge in [0.25, 0.3) is 0 Å². The van der Waals surface area contributed by atoms with Gasteiger partial charge in [-0.25, -0.2) is 9.38 Å². The minimum absolute atomic E-state index is 0.00153. The molecule has 0 aromatic heterocycles. The lowest BCUT2D eigenvalue weighted by Gasteiger charge is -2.45. The number of carboxylic acid groups (broad SMARTS) is 1. The first kappa shape index (κ1) is 27.3. The number of carbonyl (C=O) groups is 1. The van der Waals surface area contributed by atoms with Crippen LogP contribution in [0.25, 0.3) is 0 Å². The van der Waals surface area contributed by atoms with E-state index < -0.39 is 36.0 Å². The molecule has 5 rings (SSSR count). The number of halogens is 4. The zero-order valence-corrected chi connectivity index (χ0v) is 22.0. The molecule has 1 N–H and O–H groups in total. The van der Waals surface area contributed by atoms with Crippen LogP contribution in [0, 0.1) is 12.7 Å². The molecule has 0 amide bonds. The van der Waals surface area contributed by atoms with Crippen molar-refractivity contribution in [2.24, 2.45) is 4.99 Å². The Hall–Kier alpha value is -4.28. The van der Waals surface area contributed by atoms with Crippen molar-refractivity contribution in [3.05, 3.63) is 83.2 Å². The molecule has 7 nitrogen and oxygen atoms in total. The third-order valence-electron chi connectivity index (χ3n) is 7.18. The van der Waals surface area contributed by atoms with Crippen LogP contribution < -0.4 is 14.5 Å². The van der Waals surface area contributed by atoms with Gasteiger partial charge < -0.3 is 24.5 Å². The first-order valence-corrected chi connectivity index (χ1v) is 12.8. The number of methoxy groups -OCH3 is 1. The molecule has 1 atom stereocenters. The van der Waals surface area contributed by atoms with Crippen LogP contribution in [0.5, 0.6) is 5.75 Å². The lowest BCUT2D eigenvalue weighted by atomic mass is 9.96. The number of aliphatic imine (C=N–C) groups is 1. The van der Waals surface area contributed by atoms with Gasteiger partial charge in [0, 0.05) is 37.4 Å². The van der Waals surface area contributed by atoms with Gasteiger partial charge >= 0.3 is 12.1 Å². The van der Waals surface area contributed by atoms with Crippen molar-refractivity contribution >= 4 is 29.0 Å². The second kappa shape index (κ2) is 10.7. The van der Waals surface area contributed by atoms with E-state index in [0.29, 0.717) is 26.2 Å². The summed E-state index contributed by atoms with van der Waals surface area (Å²) in [5, 5.41) is 9.82. The van der Waals surface area contributed by atoms with Gasteiger partial charge in [0.2, 0.25) is 5.96 Å². The molecule has 0 aliphatic carbocycles. The van der Waals surface area contributed by atoms with E-state index >= 15 is 4.39 Å². The first-order valence-electron chi connectivity index (χ1n) is 12.8. The maximum atomic E-state index is 15.1. The summed E-state index contributed by atoms with van der Waals surface area (Å²) in [6, 6.07) is 14.3. The van der Waals surface area contributed by atoms with Crippen LogP contribution in [-0.4, -0.2) is 55.2 Å². The Bertz CT molecular complexity index is 1450. The summed E-state index contributed by atoms with van der Waals surface area (Å²) in [7, 11) is 1.33. The van der Waals surface area contributed by atoms with E-state index in [4.69, 9.17) is 4.74 Å². The zero-order chi connectivity index (χ0) is 28.6. The van der Waals surface area contributed by atoms with Gasteiger partial charge in [-0.2, -0.15) is 13.2 Å². The third-order valence-corrected chi connectivity index (χ3v) is 7.18. The quantitative estimate of drug-likeness (QED) is 0.389. The van der Waals surface area contributed by atoms with Gasteiger partial charge in [-0.3, -0.25) is 4.79 Å². The van der Waals surface area contributed by atoms with E-state index in [1.807, 2.05) is 30.0 Å². The van der Waals surface area contributed by atoms with Crippen molar-refractivity contribution in [2.75, 3.05) is 43.1 Å². The van der Waals surface area contributed by atoms with E-state index in [0.717, 1.165) is 23.4 Å². The summed E-state index contributed by atoms with van der Waals surface area (Å²) < 4.78 is 61.9. The lowest BCUT2D eigenvalue weighted by Crippen LogP contribution is -2.55. The number of anilines is 2. The summed E-state index contributed by atoms with van der Waals surface area (Å²) in [5.41, 5.74) is 1.48. The molecule has 2 aliphatic heterocycles. The number of nitrogens with zero attached hydrogens (tertiary/aromatic N) is 4. The summed E-state index contributed by atoms with van der Waals surface area (Å²) in [4.78, 5) is 22.1. The second-order valence-electron chi connectivity index (χ2n) is 9.77. The van der Waals surface area contributed by atoms with Crippen LogP contribution in [0.2, 0.25) is 0 Å². The highest BCUT2D eigenvalue weighted by Gasteiger charge is 2.40. The molecular weight excluding hydrogens is 528 g/mol. The SMILES string of the molecule is COc1ccc(C(F)(F)F)cc1N1C(N2CCN(c3cccc(C)c3)CC2)=Nc2c(F)cccc2C1CC(=O)O. The van der Waals surface area contributed by atoms with Crippen molar-refractivity contribution in [2.45, 2.75) is 25.6 Å². The van der Waals surface area contributed by atoms with E-state index in [2.05, 4.69) is 16.0 Å². The molecule has 0 saturated carbocycles. The van der Waals surface area contributed by atoms with Crippen LogP contribution in [0.1, 0.15) is 29.2 Å². The van der Waals surface area contributed by atoms with Gasteiger partial charge in [0.1, 0.15) is 17.3 Å². The molecule has 3 aromatic rings. The van der Waals surface area contributed by atoms with Gasteiger partial charge in [-0.05, 0) is 48.9 Å². The highest BCUT2D eigenvalue weighted by molar-refractivity contribution is 6.02. The molecule has 0 radical (unpaired) electrons. The number of carboxylic acids is 1. The lowest BCUT2D eigenvalue weighted by molar-refractivity contribution is -0.138. The molecule has 3 aromatic carbocycles. The molecule has 40 heavy (non-hydrogen) atoms. The highest BCUT2D eigenvalue weighted by Crippen LogP contribution is 2.46. The average molecular weight is 557 g/mol. The number of para-hydroxylation sites is 1. The number of hydrogen-bond donors (Lipinski definition) is 1. The van der Waals surface area contributed by atoms with E-state index in [9.17, 15) is 23.1 Å². The number of hydrogen-bond acceptors (Lipinski definition) is 6. The smallest absolute Gasteiger partial charge is 0.416 e. The van der Waals surface area contributed by atoms with Gasteiger partial charge in [-0.15, -0.1) is 0 Å². The summed E-state index contributed by atoms with van der Waals surface area (Å²) >= 11 is 0. The number of rotatable bonds is 5.